The van der Waals surface area contributed by atoms with Crippen LogP contribution in [0.3, 0.4) is 0 Å². The first-order valence-corrected chi connectivity index (χ1v) is 4.52. The smallest absolute Gasteiger partial charge is 0.127 e. The van der Waals surface area contributed by atoms with E-state index in [4.69, 9.17) is 46.4 Å². The van der Waals surface area contributed by atoms with Gasteiger partial charge in [0.25, 0.3) is 0 Å². The molecule has 0 fully saturated rings. The average molecular weight is 222 g/mol. The van der Waals surface area contributed by atoms with E-state index in [1.54, 1.807) is 0 Å². The molecule has 1 atom stereocenters. The van der Waals surface area contributed by atoms with Crippen LogP contribution in [0, 0.1) is 0 Å². The number of hydrogen-bond acceptors (Lipinski definition) is 0. The standard InChI is InChI=1S/C6H8Cl4/c1-2-6(10,3-4-7)5(8)9/h2,5H,1,3-4H2. The van der Waals surface area contributed by atoms with E-state index in [9.17, 15) is 0 Å². The second-order valence-corrected chi connectivity index (χ2v) is 4.05. The van der Waals surface area contributed by atoms with Gasteiger partial charge in [-0.1, -0.05) is 6.08 Å². The Morgan fingerprint density at radius 3 is 2.10 bits per heavy atom. The van der Waals surface area contributed by atoms with Crippen molar-refractivity contribution < 1.29 is 0 Å². The fraction of sp³-hybridized carbons (Fsp3) is 0.667. The largest absolute Gasteiger partial charge is 0.130 e. The van der Waals surface area contributed by atoms with Crippen LogP contribution >= 0.6 is 46.4 Å². The maximum absolute atomic E-state index is 5.89. The van der Waals surface area contributed by atoms with Gasteiger partial charge in [-0.05, 0) is 6.42 Å². The normalized spacial score (nSPS) is 16.9. The lowest BCUT2D eigenvalue weighted by Crippen LogP contribution is -2.26. The Labute approximate surface area is 81.1 Å². The summed E-state index contributed by atoms with van der Waals surface area (Å²) in [6.07, 6.45) is 2.04. The van der Waals surface area contributed by atoms with Crippen LogP contribution in [-0.2, 0) is 0 Å². The maximum Gasteiger partial charge on any atom is 0.130 e. The summed E-state index contributed by atoms with van der Waals surface area (Å²) < 4.78 is 0. The molecule has 0 N–H and O–H groups in total. The average Bonchev–Trinajstić information content (AvgIpc) is 1.88. The molecule has 0 aromatic carbocycles. The van der Waals surface area contributed by atoms with Crippen molar-refractivity contribution in [2.24, 2.45) is 0 Å². The predicted octanol–water partition coefficient (Wildman–Crippen LogP) is 3.58. The van der Waals surface area contributed by atoms with Gasteiger partial charge in [0, 0.05) is 5.88 Å². The van der Waals surface area contributed by atoms with Crippen LogP contribution in [0.15, 0.2) is 12.7 Å². The molecule has 0 amide bonds. The summed E-state index contributed by atoms with van der Waals surface area (Å²) in [6.45, 7) is 3.51. The Hall–Kier alpha value is 0.900. The molecule has 0 nitrogen and oxygen atoms in total. The van der Waals surface area contributed by atoms with Crippen molar-refractivity contribution >= 4 is 46.4 Å². The van der Waals surface area contributed by atoms with Gasteiger partial charge in [-0.2, -0.15) is 0 Å². The first-order chi connectivity index (χ1) is 4.56. The third-order valence-electron chi connectivity index (χ3n) is 1.18. The second kappa shape index (κ2) is 4.71. The van der Waals surface area contributed by atoms with Crippen LogP contribution in [0.5, 0.6) is 0 Å². The summed E-state index contributed by atoms with van der Waals surface area (Å²) in [5.74, 6) is 0.422. The van der Waals surface area contributed by atoms with Crippen molar-refractivity contribution in [1.29, 1.82) is 0 Å². The minimum atomic E-state index is -0.773. The molecule has 0 aliphatic carbocycles. The zero-order chi connectivity index (χ0) is 8.20. The highest BCUT2D eigenvalue weighted by molar-refractivity contribution is 6.50. The van der Waals surface area contributed by atoms with Crippen LogP contribution in [0.4, 0.5) is 0 Å². The third kappa shape index (κ3) is 2.87. The Morgan fingerprint density at radius 2 is 2.00 bits per heavy atom. The van der Waals surface area contributed by atoms with Gasteiger partial charge in [-0.15, -0.1) is 53.0 Å². The summed E-state index contributed by atoms with van der Waals surface area (Å²) in [5, 5.41) is 0. The minimum absolute atomic E-state index is 0.422. The van der Waals surface area contributed by atoms with Crippen molar-refractivity contribution in [2.45, 2.75) is 16.1 Å². The van der Waals surface area contributed by atoms with Gasteiger partial charge in [0.2, 0.25) is 0 Å². The number of halogens is 4. The molecule has 0 rings (SSSR count). The minimum Gasteiger partial charge on any atom is -0.127 e. The van der Waals surface area contributed by atoms with Crippen molar-refractivity contribution in [3.63, 3.8) is 0 Å². The number of alkyl halides is 4. The lowest BCUT2D eigenvalue weighted by Gasteiger charge is -2.22. The number of allylic oxidation sites excluding steroid dienone is 1. The van der Waals surface area contributed by atoms with Gasteiger partial charge in [0.1, 0.15) is 4.84 Å². The molecule has 0 aromatic rings. The molecular weight excluding hydrogens is 214 g/mol. The fourth-order valence-electron chi connectivity index (χ4n) is 0.445. The highest BCUT2D eigenvalue weighted by Gasteiger charge is 2.30. The molecule has 0 radical (unpaired) electrons. The summed E-state index contributed by atoms with van der Waals surface area (Å²) in [7, 11) is 0. The summed E-state index contributed by atoms with van der Waals surface area (Å²) >= 11 is 22.5. The van der Waals surface area contributed by atoms with Gasteiger partial charge in [0.05, 0.1) is 4.87 Å². The van der Waals surface area contributed by atoms with Crippen LogP contribution < -0.4 is 0 Å². The van der Waals surface area contributed by atoms with E-state index in [0.717, 1.165) is 0 Å². The molecule has 0 saturated carbocycles. The van der Waals surface area contributed by atoms with Gasteiger partial charge in [-0.3, -0.25) is 0 Å². The third-order valence-corrected chi connectivity index (χ3v) is 2.93. The molecule has 0 saturated heterocycles. The topological polar surface area (TPSA) is 0 Å². The lowest BCUT2D eigenvalue weighted by molar-refractivity contribution is 0.725. The quantitative estimate of drug-likeness (QED) is 0.503. The van der Waals surface area contributed by atoms with E-state index >= 15 is 0 Å². The van der Waals surface area contributed by atoms with Gasteiger partial charge in [0.15, 0.2) is 0 Å². The lowest BCUT2D eigenvalue weighted by atomic mass is 10.1. The van der Waals surface area contributed by atoms with Crippen LogP contribution in [0.1, 0.15) is 6.42 Å². The Balaban J connectivity index is 4.08. The summed E-state index contributed by atoms with van der Waals surface area (Å²) in [5.41, 5.74) is 0. The van der Waals surface area contributed by atoms with Crippen molar-refractivity contribution in [3.05, 3.63) is 12.7 Å². The monoisotopic (exact) mass is 220 g/mol. The molecule has 60 valence electrons. The van der Waals surface area contributed by atoms with E-state index in [1.165, 1.54) is 6.08 Å². The van der Waals surface area contributed by atoms with E-state index in [2.05, 4.69) is 6.58 Å². The van der Waals surface area contributed by atoms with Crippen LogP contribution in [0.25, 0.3) is 0 Å². The molecule has 0 aliphatic heterocycles. The molecule has 0 heterocycles. The predicted molar refractivity (Wildman–Crippen MR) is 49.6 cm³/mol. The van der Waals surface area contributed by atoms with E-state index < -0.39 is 9.71 Å². The summed E-state index contributed by atoms with van der Waals surface area (Å²) in [6, 6.07) is 0. The van der Waals surface area contributed by atoms with Gasteiger partial charge >= 0.3 is 0 Å². The molecule has 0 aromatic heterocycles. The second-order valence-electron chi connectivity index (χ2n) is 1.87. The number of hydrogen-bond donors (Lipinski definition) is 0. The molecule has 0 spiro atoms. The molecule has 10 heavy (non-hydrogen) atoms. The zero-order valence-electron chi connectivity index (χ0n) is 5.29. The number of rotatable bonds is 4. The van der Waals surface area contributed by atoms with Crippen molar-refractivity contribution in [1.82, 2.24) is 0 Å². The first-order valence-electron chi connectivity index (χ1n) is 2.73. The first kappa shape index (κ1) is 10.9. The Bertz CT molecular complexity index is 112. The highest BCUT2D eigenvalue weighted by atomic mass is 35.5. The molecule has 0 bridgehead atoms. The maximum atomic E-state index is 5.89. The Morgan fingerprint density at radius 1 is 1.50 bits per heavy atom. The van der Waals surface area contributed by atoms with E-state index in [1.807, 2.05) is 0 Å². The van der Waals surface area contributed by atoms with Gasteiger partial charge < -0.3 is 0 Å². The summed E-state index contributed by atoms with van der Waals surface area (Å²) in [4.78, 5) is -1.43. The Kier molecular flexibility index (Phi) is 5.14. The van der Waals surface area contributed by atoms with Crippen molar-refractivity contribution in [2.75, 3.05) is 5.88 Å². The molecule has 0 aliphatic rings. The van der Waals surface area contributed by atoms with Crippen LogP contribution in [0.2, 0.25) is 0 Å². The van der Waals surface area contributed by atoms with Gasteiger partial charge in [-0.25, -0.2) is 0 Å². The van der Waals surface area contributed by atoms with Crippen LogP contribution in [-0.4, -0.2) is 15.6 Å². The molecule has 4 heteroatoms. The molecular formula is C6H8Cl4. The van der Waals surface area contributed by atoms with Crippen molar-refractivity contribution in [3.8, 4) is 0 Å². The fourth-order valence-corrected chi connectivity index (χ4v) is 1.35. The van der Waals surface area contributed by atoms with E-state index in [-0.39, 0.29) is 0 Å². The zero-order valence-corrected chi connectivity index (χ0v) is 8.31. The SMILES string of the molecule is C=CC(Cl)(CCCl)C(Cl)Cl. The highest BCUT2D eigenvalue weighted by Crippen LogP contribution is 2.32. The van der Waals surface area contributed by atoms with E-state index in [0.29, 0.717) is 12.3 Å². The molecule has 1 unspecified atom stereocenters.